The number of ether oxygens (including phenoxy) is 1. The van der Waals surface area contributed by atoms with E-state index in [2.05, 4.69) is 17.8 Å². The highest BCUT2D eigenvalue weighted by Gasteiger charge is 2.30. The van der Waals surface area contributed by atoms with E-state index in [1.165, 1.54) is 10.6 Å². The predicted molar refractivity (Wildman–Crippen MR) is 89.2 cm³/mol. The maximum atomic E-state index is 12.0. The molecule has 126 valence electrons. The van der Waals surface area contributed by atoms with E-state index >= 15 is 0 Å². The maximum Gasteiger partial charge on any atom is 0.410 e. The minimum Gasteiger partial charge on any atom is -0.444 e. The lowest BCUT2D eigenvalue weighted by Gasteiger charge is -2.35. The van der Waals surface area contributed by atoms with Crippen molar-refractivity contribution in [3.8, 4) is 0 Å². The average Bonchev–Trinajstić information content (AvgIpc) is 2.42. The van der Waals surface area contributed by atoms with Crippen molar-refractivity contribution in [1.29, 1.82) is 0 Å². The zero-order valence-electron chi connectivity index (χ0n) is 13.9. The molecule has 1 fully saturated rings. The van der Waals surface area contributed by atoms with Crippen LogP contribution in [0.3, 0.4) is 0 Å². The molecule has 8 heteroatoms. The Morgan fingerprint density at radius 1 is 1.27 bits per heavy atom. The molecule has 0 aromatic heterocycles. The molecule has 7 nitrogen and oxygen atoms in total. The van der Waals surface area contributed by atoms with E-state index in [9.17, 15) is 9.59 Å². The van der Waals surface area contributed by atoms with Gasteiger partial charge in [-0.2, -0.15) is 4.99 Å². The minimum absolute atomic E-state index is 0.0335. The van der Waals surface area contributed by atoms with Crippen molar-refractivity contribution in [2.45, 2.75) is 45.3 Å². The van der Waals surface area contributed by atoms with E-state index in [1.54, 1.807) is 23.9 Å². The minimum atomic E-state index is -0.500. The Bertz CT molecular complexity index is 426. The zero-order valence-corrected chi connectivity index (χ0v) is 14.8. The number of hydrogen-bond acceptors (Lipinski definition) is 4. The molecule has 1 saturated heterocycles. The summed E-state index contributed by atoms with van der Waals surface area (Å²) in [6.07, 6.45) is 2.45. The molecule has 0 aliphatic carbocycles. The number of thiol groups is 1. The molecule has 1 rings (SSSR count). The molecule has 0 spiro atoms. The molecule has 1 aliphatic rings. The van der Waals surface area contributed by atoms with Gasteiger partial charge in [0.25, 0.3) is 0 Å². The number of amides is 3. The van der Waals surface area contributed by atoms with Crippen LogP contribution in [0.4, 0.5) is 9.59 Å². The number of urea groups is 1. The fraction of sp³-hybridized carbons (Fsp3) is 0.786. The average molecular weight is 330 g/mol. The van der Waals surface area contributed by atoms with Crippen LogP contribution < -0.4 is 0 Å². The highest BCUT2D eigenvalue weighted by Crippen LogP contribution is 2.21. The van der Waals surface area contributed by atoms with Crippen LogP contribution in [0.25, 0.3) is 0 Å². The van der Waals surface area contributed by atoms with Crippen LogP contribution in [0.5, 0.6) is 0 Å². The number of carbonyl (C=O) groups is 2. The third kappa shape index (κ3) is 6.13. The predicted octanol–water partition coefficient (Wildman–Crippen LogP) is 2.24. The van der Waals surface area contributed by atoms with Gasteiger partial charge in [-0.3, -0.25) is 4.31 Å². The number of likely N-dealkylation sites (tertiary alicyclic amines) is 1. The number of hydrogen-bond donors (Lipinski definition) is 1. The Hall–Kier alpha value is -1.44. The van der Waals surface area contributed by atoms with Gasteiger partial charge in [0, 0.05) is 33.2 Å². The second-order valence-electron chi connectivity index (χ2n) is 6.53. The first-order valence-electron chi connectivity index (χ1n) is 7.31. The summed E-state index contributed by atoms with van der Waals surface area (Å²) in [5.74, 6) is 0. The van der Waals surface area contributed by atoms with Crippen LogP contribution in [0, 0.1) is 0 Å². The Kier molecular flexibility index (Phi) is 6.52. The van der Waals surface area contributed by atoms with Gasteiger partial charge in [-0.25, -0.2) is 9.59 Å². The summed E-state index contributed by atoms with van der Waals surface area (Å²) < 4.78 is 6.68. The fourth-order valence-corrected chi connectivity index (χ4v) is 2.28. The molecule has 0 saturated carbocycles. The molecule has 1 heterocycles. The molecule has 0 bridgehead atoms. The highest BCUT2D eigenvalue weighted by molar-refractivity contribution is 7.78. The molecule has 0 atom stereocenters. The lowest BCUT2D eigenvalue weighted by Crippen LogP contribution is -2.46. The van der Waals surface area contributed by atoms with Gasteiger partial charge < -0.3 is 14.5 Å². The highest BCUT2D eigenvalue weighted by atomic mass is 32.1. The second-order valence-corrected chi connectivity index (χ2v) is 6.96. The third-order valence-corrected chi connectivity index (χ3v) is 3.55. The van der Waals surface area contributed by atoms with E-state index in [-0.39, 0.29) is 12.1 Å². The van der Waals surface area contributed by atoms with Crippen LogP contribution in [-0.2, 0) is 4.74 Å². The molecule has 0 unspecified atom stereocenters. The van der Waals surface area contributed by atoms with Gasteiger partial charge in [-0.15, -0.1) is 0 Å². The molecule has 3 amide bonds. The van der Waals surface area contributed by atoms with E-state index in [0.717, 1.165) is 0 Å². The molecule has 1 aliphatic heterocycles. The summed E-state index contributed by atoms with van der Waals surface area (Å²) in [6, 6.07) is -0.429. The Morgan fingerprint density at radius 2 is 1.82 bits per heavy atom. The first kappa shape index (κ1) is 18.6. The molecule has 0 N–H and O–H groups in total. The van der Waals surface area contributed by atoms with Crippen molar-refractivity contribution in [3.63, 3.8) is 0 Å². The third-order valence-electron chi connectivity index (χ3n) is 3.06. The molecule has 0 radical (unpaired) electrons. The standard InChI is InChI=1S/C14H26N4O3S/c1-14(2,3)21-13(20)17-8-6-11(7-9-17)18(22)12(19)15-10-16(4)5/h10-11,22H,6-9H2,1-5H3. The van der Waals surface area contributed by atoms with Crippen LogP contribution in [0.2, 0.25) is 0 Å². The van der Waals surface area contributed by atoms with E-state index in [0.29, 0.717) is 25.9 Å². The Labute approximate surface area is 137 Å². The smallest absolute Gasteiger partial charge is 0.410 e. The summed E-state index contributed by atoms with van der Waals surface area (Å²) in [7, 11) is 3.58. The summed E-state index contributed by atoms with van der Waals surface area (Å²) in [5, 5.41) is 0. The van der Waals surface area contributed by atoms with Crippen LogP contribution in [0.1, 0.15) is 33.6 Å². The van der Waals surface area contributed by atoms with Gasteiger partial charge in [0.05, 0.1) is 6.34 Å². The monoisotopic (exact) mass is 330 g/mol. The Morgan fingerprint density at radius 3 is 2.27 bits per heavy atom. The van der Waals surface area contributed by atoms with Crippen LogP contribution >= 0.6 is 12.8 Å². The van der Waals surface area contributed by atoms with Gasteiger partial charge in [0.1, 0.15) is 5.60 Å². The fourth-order valence-electron chi connectivity index (χ4n) is 2.00. The van der Waals surface area contributed by atoms with Crippen LogP contribution in [-0.4, -0.2) is 71.4 Å². The number of aliphatic imine (C=N–C) groups is 1. The van der Waals surface area contributed by atoms with Crippen molar-refractivity contribution < 1.29 is 14.3 Å². The number of piperidine rings is 1. The second kappa shape index (κ2) is 7.71. The van der Waals surface area contributed by atoms with Crippen molar-refractivity contribution in [3.05, 3.63) is 0 Å². The number of nitrogens with zero attached hydrogens (tertiary/aromatic N) is 4. The normalized spacial score (nSPS) is 16.7. The van der Waals surface area contributed by atoms with Crippen molar-refractivity contribution in [1.82, 2.24) is 14.1 Å². The summed E-state index contributed by atoms with van der Waals surface area (Å²) >= 11 is 4.24. The van der Waals surface area contributed by atoms with Gasteiger partial charge in [0.15, 0.2) is 0 Å². The quantitative estimate of drug-likeness (QED) is 0.479. The van der Waals surface area contributed by atoms with Gasteiger partial charge in [0.2, 0.25) is 0 Å². The first-order chi connectivity index (χ1) is 10.1. The van der Waals surface area contributed by atoms with E-state index in [1.807, 2.05) is 20.8 Å². The Balaban J connectivity index is 2.48. The number of carbonyl (C=O) groups excluding carboxylic acids is 2. The summed E-state index contributed by atoms with van der Waals surface area (Å²) in [4.78, 5) is 31.0. The molecular formula is C14H26N4O3S. The molecule has 0 aromatic rings. The maximum absolute atomic E-state index is 12.0. The van der Waals surface area contributed by atoms with Gasteiger partial charge in [-0.05, 0) is 33.6 Å². The van der Waals surface area contributed by atoms with Crippen molar-refractivity contribution >= 4 is 31.3 Å². The topological polar surface area (TPSA) is 65.5 Å². The van der Waals surface area contributed by atoms with Crippen molar-refractivity contribution in [2.24, 2.45) is 4.99 Å². The largest absolute Gasteiger partial charge is 0.444 e. The van der Waals surface area contributed by atoms with Crippen LogP contribution in [0.15, 0.2) is 4.99 Å². The molecule has 22 heavy (non-hydrogen) atoms. The SMILES string of the molecule is CN(C)C=NC(=O)N(S)C1CCN(C(=O)OC(C)(C)C)CC1. The van der Waals surface area contributed by atoms with E-state index < -0.39 is 11.6 Å². The van der Waals surface area contributed by atoms with Gasteiger partial charge in [-0.1, -0.05) is 12.8 Å². The summed E-state index contributed by atoms with van der Waals surface area (Å²) in [6.45, 7) is 6.61. The molecular weight excluding hydrogens is 304 g/mol. The zero-order chi connectivity index (χ0) is 16.9. The molecule has 0 aromatic carbocycles. The lowest BCUT2D eigenvalue weighted by atomic mass is 10.1. The van der Waals surface area contributed by atoms with Gasteiger partial charge >= 0.3 is 12.1 Å². The lowest BCUT2D eigenvalue weighted by molar-refractivity contribution is 0.0189. The van der Waals surface area contributed by atoms with Crippen molar-refractivity contribution in [2.75, 3.05) is 27.2 Å². The van der Waals surface area contributed by atoms with E-state index in [4.69, 9.17) is 4.74 Å². The summed E-state index contributed by atoms with van der Waals surface area (Å²) in [5.41, 5.74) is -0.500. The first-order valence-corrected chi connectivity index (χ1v) is 7.71. The number of rotatable bonds is 2.